The lowest BCUT2D eigenvalue weighted by Crippen LogP contribution is -2.43. The molecule has 2 fully saturated rings. The Morgan fingerprint density at radius 1 is 1.33 bits per heavy atom. The van der Waals surface area contributed by atoms with Gasteiger partial charge in [0, 0.05) is 13.2 Å². The summed E-state index contributed by atoms with van der Waals surface area (Å²) in [5.41, 5.74) is 5.89. The van der Waals surface area contributed by atoms with Gasteiger partial charge in [-0.3, -0.25) is 0 Å². The molecule has 2 aliphatic rings. The SMILES string of the molecule is NCC1(C2CCS(=O)(=O)C2)CCOCC1. The Hall–Kier alpha value is -0.130. The molecule has 2 N–H and O–H groups in total. The third-order valence-corrected chi connectivity index (χ3v) is 5.76. The average Bonchev–Trinajstić information content (AvgIpc) is 2.60. The van der Waals surface area contributed by atoms with Gasteiger partial charge in [-0.05, 0) is 37.1 Å². The second-order valence-electron chi connectivity index (χ2n) is 4.78. The topological polar surface area (TPSA) is 69.4 Å². The van der Waals surface area contributed by atoms with E-state index in [4.69, 9.17) is 10.5 Å². The molecule has 0 amide bonds. The van der Waals surface area contributed by atoms with Crippen molar-refractivity contribution in [1.29, 1.82) is 0 Å². The van der Waals surface area contributed by atoms with Crippen molar-refractivity contribution >= 4 is 9.84 Å². The zero-order valence-electron chi connectivity index (χ0n) is 8.94. The number of nitrogens with two attached hydrogens (primary N) is 1. The first-order chi connectivity index (χ1) is 7.08. The van der Waals surface area contributed by atoms with Crippen LogP contribution < -0.4 is 5.73 Å². The Bertz CT molecular complexity index is 320. The predicted molar refractivity (Wildman–Crippen MR) is 58.3 cm³/mol. The molecular formula is C10H19NO3S. The molecule has 88 valence electrons. The van der Waals surface area contributed by atoms with E-state index in [2.05, 4.69) is 0 Å². The van der Waals surface area contributed by atoms with Crippen LogP contribution in [0.5, 0.6) is 0 Å². The quantitative estimate of drug-likeness (QED) is 0.738. The zero-order chi connectivity index (χ0) is 10.9. The maximum Gasteiger partial charge on any atom is 0.150 e. The zero-order valence-corrected chi connectivity index (χ0v) is 9.76. The maximum absolute atomic E-state index is 11.5. The molecule has 0 saturated carbocycles. The summed E-state index contributed by atoms with van der Waals surface area (Å²) in [5.74, 6) is 0.946. The summed E-state index contributed by atoms with van der Waals surface area (Å²) in [7, 11) is -2.79. The van der Waals surface area contributed by atoms with Crippen LogP contribution in [-0.2, 0) is 14.6 Å². The van der Waals surface area contributed by atoms with Crippen molar-refractivity contribution in [3.63, 3.8) is 0 Å². The lowest BCUT2D eigenvalue weighted by Gasteiger charge is -2.40. The summed E-state index contributed by atoms with van der Waals surface area (Å²) >= 11 is 0. The molecule has 0 spiro atoms. The third kappa shape index (κ3) is 2.19. The lowest BCUT2D eigenvalue weighted by atomic mass is 9.69. The molecule has 2 rings (SSSR count). The van der Waals surface area contributed by atoms with Crippen LogP contribution in [0.25, 0.3) is 0 Å². The van der Waals surface area contributed by atoms with E-state index in [9.17, 15) is 8.42 Å². The minimum Gasteiger partial charge on any atom is -0.381 e. The summed E-state index contributed by atoms with van der Waals surface area (Å²) in [6, 6.07) is 0. The largest absolute Gasteiger partial charge is 0.381 e. The Balaban J connectivity index is 2.13. The Kier molecular flexibility index (Phi) is 3.05. The Morgan fingerprint density at radius 3 is 2.47 bits per heavy atom. The number of rotatable bonds is 2. The van der Waals surface area contributed by atoms with E-state index in [1.165, 1.54) is 0 Å². The van der Waals surface area contributed by atoms with Gasteiger partial charge in [0.1, 0.15) is 0 Å². The van der Waals surface area contributed by atoms with Crippen LogP contribution in [0.2, 0.25) is 0 Å². The molecule has 0 radical (unpaired) electrons. The third-order valence-electron chi connectivity index (χ3n) is 3.99. The number of hydrogen-bond acceptors (Lipinski definition) is 4. The first kappa shape index (κ1) is 11.4. The molecule has 5 heteroatoms. The highest BCUT2D eigenvalue weighted by molar-refractivity contribution is 7.91. The molecule has 1 unspecified atom stereocenters. The van der Waals surface area contributed by atoms with Crippen molar-refractivity contribution in [2.45, 2.75) is 19.3 Å². The van der Waals surface area contributed by atoms with Crippen LogP contribution in [0.15, 0.2) is 0 Å². The highest BCUT2D eigenvalue weighted by Crippen LogP contribution is 2.42. The monoisotopic (exact) mass is 233 g/mol. The standard InChI is InChI=1S/C10H19NO3S/c11-8-10(2-4-14-5-3-10)9-1-6-15(12,13)7-9/h9H,1-8,11H2. The normalized spacial score (nSPS) is 34.1. The van der Waals surface area contributed by atoms with Crippen LogP contribution in [0.4, 0.5) is 0 Å². The maximum atomic E-state index is 11.5. The van der Waals surface area contributed by atoms with E-state index in [1.807, 2.05) is 0 Å². The molecule has 0 aromatic carbocycles. The fourth-order valence-electron chi connectivity index (χ4n) is 2.83. The molecule has 0 aromatic rings. The fourth-order valence-corrected chi connectivity index (χ4v) is 4.78. The van der Waals surface area contributed by atoms with Gasteiger partial charge in [-0.15, -0.1) is 0 Å². The minimum atomic E-state index is -2.79. The van der Waals surface area contributed by atoms with Gasteiger partial charge in [0.05, 0.1) is 11.5 Å². The van der Waals surface area contributed by atoms with Crippen LogP contribution in [0.3, 0.4) is 0 Å². The van der Waals surface area contributed by atoms with E-state index >= 15 is 0 Å². The Labute approximate surface area is 91.1 Å². The van der Waals surface area contributed by atoms with Gasteiger partial charge in [-0.2, -0.15) is 0 Å². The summed E-state index contributed by atoms with van der Waals surface area (Å²) in [5, 5.41) is 0. The van der Waals surface area contributed by atoms with Gasteiger partial charge in [0.15, 0.2) is 9.84 Å². The molecule has 2 aliphatic heterocycles. The van der Waals surface area contributed by atoms with Crippen molar-refractivity contribution in [3.8, 4) is 0 Å². The summed E-state index contributed by atoms with van der Waals surface area (Å²) in [4.78, 5) is 0. The van der Waals surface area contributed by atoms with E-state index in [1.54, 1.807) is 0 Å². The smallest absolute Gasteiger partial charge is 0.150 e. The van der Waals surface area contributed by atoms with Crippen LogP contribution >= 0.6 is 0 Å². The molecule has 0 bridgehead atoms. The van der Waals surface area contributed by atoms with Crippen molar-refractivity contribution in [2.75, 3.05) is 31.3 Å². The first-order valence-electron chi connectivity index (χ1n) is 5.56. The molecule has 0 aromatic heterocycles. The molecule has 1 atom stereocenters. The molecule has 0 aliphatic carbocycles. The highest BCUT2D eigenvalue weighted by atomic mass is 32.2. The molecule has 2 saturated heterocycles. The van der Waals surface area contributed by atoms with E-state index < -0.39 is 9.84 Å². The summed E-state index contributed by atoms with van der Waals surface area (Å²) in [6.45, 7) is 2.05. The Morgan fingerprint density at radius 2 is 2.00 bits per heavy atom. The van der Waals surface area contributed by atoms with Crippen molar-refractivity contribution in [3.05, 3.63) is 0 Å². The second-order valence-corrected chi connectivity index (χ2v) is 7.01. The van der Waals surface area contributed by atoms with E-state index in [-0.39, 0.29) is 11.3 Å². The fraction of sp³-hybridized carbons (Fsp3) is 1.00. The molecular weight excluding hydrogens is 214 g/mol. The van der Waals surface area contributed by atoms with Gasteiger partial charge in [0.25, 0.3) is 0 Å². The van der Waals surface area contributed by atoms with E-state index in [0.717, 1.165) is 32.5 Å². The number of ether oxygens (including phenoxy) is 1. The van der Waals surface area contributed by atoms with Crippen molar-refractivity contribution in [2.24, 2.45) is 17.1 Å². The van der Waals surface area contributed by atoms with Gasteiger partial charge in [-0.1, -0.05) is 0 Å². The van der Waals surface area contributed by atoms with Crippen molar-refractivity contribution in [1.82, 2.24) is 0 Å². The molecule has 2 heterocycles. The molecule has 4 nitrogen and oxygen atoms in total. The first-order valence-corrected chi connectivity index (χ1v) is 7.38. The number of sulfone groups is 1. The van der Waals surface area contributed by atoms with Crippen LogP contribution in [-0.4, -0.2) is 39.7 Å². The highest BCUT2D eigenvalue weighted by Gasteiger charge is 2.44. The van der Waals surface area contributed by atoms with E-state index in [0.29, 0.717) is 18.1 Å². The van der Waals surface area contributed by atoms with Gasteiger partial charge in [-0.25, -0.2) is 8.42 Å². The van der Waals surface area contributed by atoms with Crippen molar-refractivity contribution < 1.29 is 13.2 Å². The second kappa shape index (κ2) is 4.03. The summed E-state index contributed by atoms with van der Waals surface area (Å²) in [6.07, 6.45) is 2.63. The van der Waals surface area contributed by atoms with Crippen LogP contribution in [0, 0.1) is 11.3 Å². The van der Waals surface area contributed by atoms with Gasteiger partial charge in [0.2, 0.25) is 0 Å². The number of hydrogen-bond donors (Lipinski definition) is 1. The minimum absolute atomic E-state index is 0.0296. The van der Waals surface area contributed by atoms with Gasteiger partial charge < -0.3 is 10.5 Å². The summed E-state index contributed by atoms with van der Waals surface area (Å²) < 4.78 is 28.3. The van der Waals surface area contributed by atoms with Gasteiger partial charge >= 0.3 is 0 Å². The lowest BCUT2D eigenvalue weighted by molar-refractivity contribution is -0.00756. The molecule has 15 heavy (non-hydrogen) atoms. The van der Waals surface area contributed by atoms with Crippen LogP contribution in [0.1, 0.15) is 19.3 Å². The predicted octanol–water partition coefficient (Wildman–Crippen LogP) is 0.177. The average molecular weight is 233 g/mol.